The number of hydrogen-bond donors (Lipinski definition) is 3. The molecule has 2 aromatic rings. The van der Waals surface area contributed by atoms with Crippen molar-refractivity contribution in [1.82, 2.24) is 9.97 Å². The van der Waals surface area contributed by atoms with Crippen LogP contribution in [0.15, 0.2) is 0 Å². The Hall–Kier alpha value is -1.73. The van der Waals surface area contributed by atoms with Crippen LogP contribution in [0.4, 0.5) is 5.82 Å². The molecular formula is C13H17N3O3S. The van der Waals surface area contributed by atoms with Gasteiger partial charge in [0.05, 0.1) is 12.0 Å². The second kappa shape index (κ2) is 5.72. The number of aliphatic hydroxyl groups is 1. The average Bonchev–Trinajstić information content (AvgIpc) is 2.70. The number of nitrogens with one attached hydrogen (secondary N) is 1. The van der Waals surface area contributed by atoms with Gasteiger partial charge in [-0.3, -0.25) is 0 Å². The molecule has 1 atom stereocenters. The molecule has 6 nitrogen and oxygen atoms in total. The number of rotatable bonds is 5. The lowest BCUT2D eigenvalue weighted by atomic mass is 10.2. The molecule has 0 radical (unpaired) electrons. The minimum Gasteiger partial charge on any atom is -0.480 e. The number of carboxylic acid groups (broad SMARTS) is 1. The zero-order valence-electron chi connectivity index (χ0n) is 11.6. The Kier molecular flexibility index (Phi) is 4.20. The number of fused-ring (bicyclic) bond motifs is 1. The molecular weight excluding hydrogens is 278 g/mol. The lowest BCUT2D eigenvalue weighted by Gasteiger charge is -2.14. The van der Waals surface area contributed by atoms with Crippen molar-refractivity contribution in [3.05, 3.63) is 16.3 Å². The lowest BCUT2D eigenvalue weighted by Crippen LogP contribution is -2.33. The molecule has 20 heavy (non-hydrogen) atoms. The van der Waals surface area contributed by atoms with E-state index in [4.69, 9.17) is 10.2 Å². The Bertz CT molecular complexity index is 654. The number of carboxylic acids is 1. The first-order valence-corrected chi connectivity index (χ1v) is 7.16. The van der Waals surface area contributed by atoms with Crippen LogP contribution in [-0.4, -0.2) is 38.8 Å². The fourth-order valence-corrected chi connectivity index (χ4v) is 2.95. The molecule has 3 N–H and O–H groups in total. The number of aliphatic hydroxyl groups excluding tert-OH is 1. The fourth-order valence-electron chi connectivity index (χ4n) is 1.91. The molecule has 0 saturated heterocycles. The van der Waals surface area contributed by atoms with Crippen LogP contribution >= 0.6 is 11.3 Å². The zero-order valence-corrected chi connectivity index (χ0v) is 12.4. The van der Waals surface area contributed by atoms with E-state index in [2.05, 4.69) is 15.3 Å². The topological polar surface area (TPSA) is 95.3 Å². The highest BCUT2D eigenvalue weighted by Crippen LogP contribution is 2.33. The minimum absolute atomic E-state index is 0.482. The van der Waals surface area contributed by atoms with E-state index in [0.29, 0.717) is 18.1 Å². The van der Waals surface area contributed by atoms with Crippen molar-refractivity contribution in [1.29, 1.82) is 0 Å². The largest absolute Gasteiger partial charge is 0.480 e. The third-order valence-corrected chi connectivity index (χ3v) is 4.28. The molecule has 0 aliphatic heterocycles. The van der Waals surface area contributed by atoms with Gasteiger partial charge in [0.25, 0.3) is 0 Å². The van der Waals surface area contributed by atoms with Gasteiger partial charge in [0, 0.05) is 11.3 Å². The Morgan fingerprint density at radius 3 is 2.65 bits per heavy atom. The molecule has 0 spiro atoms. The summed E-state index contributed by atoms with van der Waals surface area (Å²) in [6, 6.07) is -1.07. The van der Waals surface area contributed by atoms with Crippen LogP contribution < -0.4 is 5.32 Å². The number of aliphatic carboxylic acids is 1. The van der Waals surface area contributed by atoms with Gasteiger partial charge in [-0.15, -0.1) is 11.3 Å². The predicted molar refractivity (Wildman–Crippen MR) is 78.4 cm³/mol. The van der Waals surface area contributed by atoms with Crippen LogP contribution in [0.2, 0.25) is 0 Å². The van der Waals surface area contributed by atoms with Crippen molar-refractivity contribution in [3.8, 4) is 0 Å². The highest BCUT2D eigenvalue weighted by Gasteiger charge is 2.20. The monoisotopic (exact) mass is 295 g/mol. The summed E-state index contributed by atoms with van der Waals surface area (Å²) >= 11 is 1.56. The summed E-state index contributed by atoms with van der Waals surface area (Å²) in [6.45, 7) is 5.41. The van der Waals surface area contributed by atoms with E-state index in [1.54, 1.807) is 11.3 Å². The molecule has 0 aliphatic rings. The Labute approximate surface area is 120 Å². The summed E-state index contributed by atoms with van der Waals surface area (Å²) in [6.07, 6.45) is 0.664. The van der Waals surface area contributed by atoms with Gasteiger partial charge in [-0.05, 0) is 19.4 Å². The van der Waals surface area contributed by atoms with Crippen LogP contribution in [0.5, 0.6) is 0 Å². The molecule has 108 valence electrons. The third-order valence-electron chi connectivity index (χ3n) is 3.18. The van der Waals surface area contributed by atoms with Gasteiger partial charge in [-0.1, -0.05) is 6.92 Å². The zero-order chi connectivity index (χ0) is 14.9. The predicted octanol–water partition coefficient (Wildman–Crippen LogP) is 1.73. The maximum Gasteiger partial charge on any atom is 0.328 e. The fraction of sp³-hybridized carbons (Fsp3) is 0.462. The smallest absolute Gasteiger partial charge is 0.328 e. The van der Waals surface area contributed by atoms with Crippen molar-refractivity contribution in [3.63, 3.8) is 0 Å². The molecule has 2 heterocycles. The van der Waals surface area contributed by atoms with Crippen molar-refractivity contribution in [2.75, 3.05) is 11.9 Å². The van der Waals surface area contributed by atoms with Gasteiger partial charge in [-0.2, -0.15) is 0 Å². The number of aryl methyl sites for hydroxylation is 3. The van der Waals surface area contributed by atoms with Crippen LogP contribution in [-0.2, 0) is 11.2 Å². The normalized spacial score (nSPS) is 12.6. The van der Waals surface area contributed by atoms with E-state index < -0.39 is 18.6 Å². The average molecular weight is 295 g/mol. The molecule has 2 rings (SSSR count). The van der Waals surface area contributed by atoms with E-state index in [0.717, 1.165) is 20.7 Å². The quantitative estimate of drug-likeness (QED) is 0.777. The van der Waals surface area contributed by atoms with Crippen LogP contribution in [0, 0.1) is 13.8 Å². The molecule has 0 aliphatic carbocycles. The molecule has 7 heteroatoms. The van der Waals surface area contributed by atoms with Gasteiger partial charge >= 0.3 is 5.97 Å². The van der Waals surface area contributed by atoms with Gasteiger partial charge in [0.15, 0.2) is 0 Å². The first-order chi connectivity index (χ1) is 9.47. The molecule has 0 amide bonds. The molecule has 0 fully saturated rings. The van der Waals surface area contributed by atoms with E-state index in [9.17, 15) is 4.79 Å². The van der Waals surface area contributed by atoms with Gasteiger partial charge in [0.2, 0.25) is 0 Å². The summed E-state index contributed by atoms with van der Waals surface area (Å²) in [5.74, 6) is 0.0281. The third kappa shape index (κ3) is 2.59. The second-order valence-corrected chi connectivity index (χ2v) is 5.73. The van der Waals surface area contributed by atoms with Crippen LogP contribution in [0.3, 0.4) is 0 Å². The van der Waals surface area contributed by atoms with Gasteiger partial charge in [0.1, 0.15) is 22.5 Å². The Balaban J connectivity index is 2.57. The number of carbonyl (C=O) groups is 1. The number of hydrogen-bond acceptors (Lipinski definition) is 6. The van der Waals surface area contributed by atoms with Crippen molar-refractivity contribution >= 4 is 33.3 Å². The Morgan fingerprint density at radius 1 is 1.40 bits per heavy atom. The number of nitrogens with zero attached hydrogens (tertiary/aromatic N) is 2. The van der Waals surface area contributed by atoms with Crippen molar-refractivity contribution in [2.24, 2.45) is 0 Å². The van der Waals surface area contributed by atoms with Gasteiger partial charge in [-0.25, -0.2) is 14.8 Å². The highest BCUT2D eigenvalue weighted by molar-refractivity contribution is 7.18. The van der Waals surface area contributed by atoms with Gasteiger partial charge < -0.3 is 15.5 Å². The first-order valence-electron chi connectivity index (χ1n) is 6.34. The Morgan fingerprint density at radius 2 is 2.10 bits per heavy atom. The molecule has 0 saturated carbocycles. The number of anilines is 1. The number of thiophene rings is 1. The van der Waals surface area contributed by atoms with Crippen LogP contribution in [0.1, 0.15) is 23.2 Å². The van der Waals surface area contributed by atoms with E-state index in [1.807, 2.05) is 20.8 Å². The summed E-state index contributed by atoms with van der Waals surface area (Å²) in [7, 11) is 0. The summed E-state index contributed by atoms with van der Waals surface area (Å²) < 4.78 is 0. The maximum atomic E-state index is 11.1. The summed E-state index contributed by atoms with van der Waals surface area (Å²) in [5.41, 5.74) is 1.04. The number of aromatic nitrogens is 2. The van der Waals surface area contributed by atoms with E-state index in [-0.39, 0.29) is 0 Å². The molecule has 0 bridgehead atoms. The SMILES string of the molecule is CCc1nc(NC(CO)C(=O)O)c2c(C)c(C)sc2n1. The summed E-state index contributed by atoms with van der Waals surface area (Å²) in [5, 5.41) is 21.8. The van der Waals surface area contributed by atoms with Crippen LogP contribution in [0.25, 0.3) is 10.2 Å². The van der Waals surface area contributed by atoms with E-state index >= 15 is 0 Å². The highest BCUT2D eigenvalue weighted by atomic mass is 32.1. The minimum atomic E-state index is -1.11. The molecule has 0 aromatic carbocycles. The standard InChI is InChI=1S/C13H17N3O3S/c1-4-9-15-11(14-8(5-17)13(18)19)10-6(2)7(3)20-12(10)16-9/h8,17H,4-5H2,1-3H3,(H,18,19)(H,14,15,16). The van der Waals surface area contributed by atoms with Crippen molar-refractivity contribution < 1.29 is 15.0 Å². The molecule has 2 aromatic heterocycles. The maximum absolute atomic E-state index is 11.1. The molecule has 1 unspecified atom stereocenters. The first kappa shape index (κ1) is 14.7. The second-order valence-electron chi connectivity index (χ2n) is 4.52. The lowest BCUT2D eigenvalue weighted by molar-refractivity contribution is -0.138. The van der Waals surface area contributed by atoms with Crippen molar-refractivity contribution in [2.45, 2.75) is 33.2 Å². The van der Waals surface area contributed by atoms with E-state index in [1.165, 1.54) is 0 Å². The summed E-state index contributed by atoms with van der Waals surface area (Å²) in [4.78, 5) is 21.9.